The minimum atomic E-state index is -0.805. The van der Waals surface area contributed by atoms with Crippen LogP contribution in [0.1, 0.15) is 13.3 Å². The molecule has 0 fully saturated rings. The predicted octanol–water partition coefficient (Wildman–Crippen LogP) is 0.541. The molecule has 2 atom stereocenters. The smallest absolute Gasteiger partial charge is 0.157 e. The number of methoxy groups -OCH3 is 2. The fraction of sp³-hybridized carbons (Fsp3) is 0.800. The van der Waals surface area contributed by atoms with E-state index in [1.807, 2.05) is 6.92 Å². The zero-order chi connectivity index (χ0) is 11.1. The van der Waals surface area contributed by atoms with Crippen LogP contribution < -0.4 is 0 Å². The maximum atomic E-state index is 9.51. The molecule has 0 amide bonds. The maximum Gasteiger partial charge on any atom is 0.157 e. The van der Waals surface area contributed by atoms with Gasteiger partial charge in [0.05, 0.1) is 12.7 Å². The van der Waals surface area contributed by atoms with Crippen LogP contribution in [0, 0.1) is 5.92 Å². The number of hydrogen-bond acceptors (Lipinski definition) is 4. The van der Waals surface area contributed by atoms with Gasteiger partial charge >= 0.3 is 0 Å². The molecule has 0 aromatic carbocycles. The summed E-state index contributed by atoms with van der Waals surface area (Å²) in [5.41, 5.74) is 0.811. The van der Waals surface area contributed by atoms with E-state index in [-0.39, 0.29) is 18.8 Å². The fourth-order valence-corrected chi connectivity index (χ4v) is 1.31. The Morgan fingerprint density at radius 2 is 1.86 bits per heavy atom. The van der Waals surface area contributed by atoms with E-state index in [1.54, 1.807) is 0 Å². The molecule has 0 aliphatic carbocycles. The van der Waals surface area contributed by atoms with Gasteiger partial charge in [0.1, 0.15) is 0 Å². The summed E-state index contributed by atoms with van der Waals surface area (Å²) in [6.07, 6.45) is -0.692. The van der Waals surface area contributed by atoms with Crippen molar-refractivity contribution in [3.63, 3.8) is 0 Å². The van der Waals surface area contributed by atoms with Gasteiger partial charge in [-0.1, -0.05) is 12.2 Å². The van der Waals surface area contributed by atoms with Crippen molar-refractivity contribution in [2.75, 3.05) is 20.8 Å². The van der Waals surface area contributed by atoms with Crippen LogP contribution in [0.3, 0.4) is 0 Å². The molecule has 14 heavy (non-hydrogen) atoms. The average molecular weight is 204 g/mol. The Kier molecular flexibility index (Phi) is 6.74. The molecule has 0 heterocycles. The molecule has 0 radical (unpaired) electrons. The first-order valence-corrected chi connectivity index (χ1v) is 4.56. The highest BCUT2D eigenvalue weighted by molar-refractivity contribution is 4.99. The van der Waals surface area contributed by atoms with Crippen molar-refractivity contribution in [3.8, 4) is 0 Å². The van der Waals surface area contributed by atoms with Gasteiger partial charge in [0.2, 0.25) is 0 Å². The molecule has 0 rings (SSSR count). The third-order valence-electron chi connectivity index (χ3n) is 2.26. The normalized spacial score (nSPS) is 15.6. The monoisotopic (exact) mass is 204 g/mol. The lowest BCUT2D eigenvalue weighted by atomic mass is 9.92. The average Bonchev–Trinajstić information content (AvgIpc) is 2.18. The van der Waals surface area contributed by atoms with Crippen molar-refractivity contribution in [3.05, 3.63) is 12.2 Å². The van der Waals surface area contributed by atoms with Gasteiger partial charge in [-0.05, 0) is 6.92 Å². The molecule has 4 heteroatoms. The molecule has 0 bridgehead atoms. The molecule has 0 aliphatic heterocycles. The van der Waals surface area contributed by atoms with E-state index >= 15 is 0 Å². The minimum Gasteiger partial charge on any atom is -0.394 e. The van der Waals surface area contributed by atoms with E-state index in [0.717, 1.165) is 5.57 Å². The lowest BCUT2D eigenvalue weighted by molar-refractivity contribution is -0.120. The van der Waals surface area contributed by atoms with Crippen molar-refractivity contribution in [1.82, 2.24) is 0 Å². The van der Waals surface area contributed by atoms with Gasteiger partial charge in [-0.15, -0.1) is 0 Å². The molecule has 0 aliphatic rings. The summed E-state index contributed by atoms with van der Waals surface area (Å²) in [6, 6.07) is 0. The van der Waals surface area contributed by atoms with Gasteiger partial charge in [-0.3, -0.25) is 0 Å². The summed E-state index contributed by atoms with van der Waals surface area (Å²) >= 11 is 0. The molecule has 2 N–H and O–H groups in total. The second-order valence-corrected chi connectivity index (χ2v) is 3.34. The largest absolute Gasteiger partial charge is 0.394 e. The minimum absolute atomic E-state index is 0.204. The molecule has 0 saturated carbocycles. The Morgan fingerprint density at radius 1 is 1.36 bits per heavy atom. The highest BCUT2D eigenvalue weighted by Gasteiger charge is 2.23. The summed E-state index contributed by atoms with van der Waals surface area (Å²) in [5, 5.41) is 18.3. The molecular formula is C10H20O4. The van der Waals surface area contributed by atoms with Crippen molar-refractivity contribution < 1.29 is 19.7 Å². The van der Waals surface area contributed by atoms with Crippen LogP contribution in [0.5, 0.6) is 0 Å². The van der Waals surface area contributed by atoms with Crippen LogP contribution in [-0.2, 0) is 9.47 Å². The van der Waals surface area contributed by atoms with Gasteiger partial charge in [-0.2, -0.15) is 0 Å². The van der Waals surface area contributed by atoms with E-state index in [1.165, 1.54) is 14.2 Å². The maximum absolute atomic E-state index is 9.51. The lowest BCUT2D eigenvalue weighted by Gasteiger charge is -2.25. The molecule has 84 valence electrons. The number of aliphatic hydroxyl groups is 2. The van der Waals surface area contributed by atoms with Gasteiger partial charge in [0.25, 0.3) is 0 Å². The van der Waals surface area contributed by atoms with Gasteiger partial charge in [0, 0.05) is 26.6 Å². The Morgan fingerprint density at radius 3 is 2.14 bits per heavy atom. The lowest BCUT2D eigenvalue weighted by Crippen LogP contribution is -2.30. The first-order valence-electron chi connectivity index (χ1n) is 4.56. The topological polar surface area (TPSA) is 58.9 Å². The van der Waals surface area contributed by atoms with Crippen LogP contribution >= 0.6 is 0 Å². The summed E-state index contributed by atoms with van der Waals surface area (Å²) < 4.78 is 10.0. The summed E-state index contributed by atoms with van der Waals surface area (Å²) in [4.78, 5) is 0. The highest BCUT2D eigenvalue weighted by atomic mass is 16.7. The number of hydrogen-bond donors (Lipinski definition) is 2. The summed E-state index contributed by atoms with van der Waals surface area (Å²) in [7, 11) is 3.07. The second-order valence-electron chi connectivity index (χ2n) is 3.34. The van der Waals surface area contributed by atoms with Crippen LogP contribution in [0.4, 0.5) is 0 Å². The fourth-order valence-electron chi connectivity index (χ4n) is 1.31. The number of ether oxygens (including phenoxy) is 2. The Labute approximate surface area is 85.1 Å². The van der Waals surface area contributed by atoms with Crippen molar-refractivity contribution >= 4 is 0 Å². The van der Waals surface area contributed by atoms with Gasteiger partial charge < -0.3 is 19.7 Å². The third kappa shape index (κ3) is 4.19. The summed E-state index contributed by atoms with van der Waals surface area (Å²) in [6.45, 7) is 5.30. The van der Waals surface area contributed by atoms with E-state index in [9.17, 15) is 5.11 Å². The van der Waals surface area contributed by atoms with E-state index < -0.39 is 6.10 Å². The first-order chi connectivity index (χ1) is 6.56. The Bertz CT molecular complexity index is 166. The van der Waals surface area contributed by atoms with E-state index in [0.29, 0.717) is 6.42 Å². The van der Waals surface area contributed by atoms with Gasteiger partial charge in [0.15, 0.2) is 6.29 Å². The standard InChI is InChI=1S/C10H20O4/c1-7(2)8(9(12)6-11)5-10(13-3)14-4/h8-12H,1,5-6H2,2-4H3/t8-,9?/m1/s1. The quantitative estimate of drug-likeness (QED) is 0.469. The molecule has 0 saturated heterocycles. The molecular weight excluding hydrogens is 184 g/mol. The third-order valence-corrected chi connectivity index (χ3v) is 2.26. The van der Waals surface area contributed by atoms with Crippen molar-refractivity contribution in [2.45, 2.75) is 25.7 Å². The molecule has 4 nitrogen and oxygen atoms in total. The van der Waals surface area contributed by atoms with Crippen molar-refractivity contribution in [2.24, 2.45) is 5.92 Å². The zero-order valence-corrected chi connectivity index (χ0v) is 9.06. The zero-order valence-electron chi connectivity index (χ0n) is 9.06. The SMILES string of the molecule is C=C(C)[C@@H](CC(OC)OC)C(O)CO. The molecule has 1 unspecified atom stereocenters. The number of aliphatic hydroxyl groups excluding tert-OH is 2. The van der Waals surface area contributed by atoms with Crippen molar-refractivity contribution in [1.29, 1.82) is 0 Å². The van der Waals surface area contributed by atoms with E-state index in [2.05, 4.69) is 6.58 Å². The van der Waals surface area contributed by atoms with E-state index in [4.69, 9.17) is 14.6 Å². The Balaban J connectivity index is 4.28. The van der Waals surface area contributed by atoms with Crippen LogP contribution in [0.2, 0.25) is 0 Å². The van der Waals surface area contributed by atoms with Crippen LogP contribution in [-0.4, -0.2) is 43.4 Å². The number of rotatable bonds is 7. The molecule has 0 aromatic rings. The van der Waals surface area contributed by atoms with Gasteiger partial charge in [-0.25, -0.2) is 0 Å². The summed E-state index contributed by atoms with van der Waals surface area (Å²) in [5.74, 6) is -0.204. The highest BCUT2D eigenvalue weighted by Crippen LogP contribution is 2.21. The predicted molar refractivity (Wildman–Crippen MR) is 53.8 cm³/mol. The van der Waals surface area contributed by atoms with Crippen LogP contribution in [0.25, 0.3) is 0 Å². The molecule has 0 spiro atoms. The molecule has 0 aromatic heterocycles. The van der Waals surface area contributed by atoms with Crippen LogP contribution in [0.15, 0.2) is 12.2 Å². The second kappa shape index (κ2) is 6.95. The first kappa shape index (κ1) is 13.6. The Hall–Kier alpha value is -0.420.